The maximum atomic E-state index is 12.6. The highest BCUT2D eigenvalue weighted by Gasteiger charge is 2.36. The summed E-state index contributed by atoms with van der Waals surface area (Å²) in [4.78, 5) is 0. The summed E-state index contributed by atoms with van der Waals surface area (Å²) in [5, 5.41) is -0.595. The lowest BCUT2D eigenvalue weighted by atomic mass is 10.2. The van der Waals surface area contributed by atoms with Crippen molar-refractivity contribution >= 4 is 52.3 Å². The Labute approximate surface area is 320 Å². The van der Waals surface area contributed by atoms with E-state index in [1.807, 2.05) is 6.07 Å². The summed E-state index contributed by atoms with van der Waals surface area (Å²) >= 11 is 0. The van der Waals surface area contributed by atoms with Gasteiger partial charge in [-0.05, 0) is 102 Å². The van der Waals surface area contributed by atoms with Crippen molar-refractivity contribution in [3.63, 3.8) is 0 Å². The molecule has 15 nitrogen and oxygen atoms in total. The minimum atomic E-state index is -3.68. The third kappa shape index (κ3) is 28.6. The van der Waals surface area contributed by atoms with Crippen LogP contribution in [0.2, 0.25) is 0 Å². The van der Waals surface area contributed by atoms with Gasteiger partial charge in [-0.3, -0.25) is 13.7 Å². The molecular formula is C32H65O15P3S3. The second-order valence-electron chi connectivity index (χ2n) is 14.2. The summed E-state index contributed by atoms with van der Waals surface area (Å²) in [6, 6.07) is 8.77. The van der Waals surface area contributed by atoms with E-state index >= 15 is 0 Å². The average molecular weight is 879 g/mol. The normalized spacial score (nSPS) is 13.5. The molecule has 0 saturated carbocycles. The second kappa shape index (κ2) is 23.7. The highest BCUT2D eigenvalue weighted by Crippen LogP contribution is 2.53. The molecule has 0 aliphatic heterocycles. The molecule has 1 rings (SSSR count). The Morgan fingerprint density at radius 1 is 0.472 bits per heavy atom. The third-order valence-corrected chi connectivity index (χ3v) is 20.6. The molecule has 0 fully saturated rings. The lowest BCUT2D eigenvalue weighted by Gasteiger charge is -2.23. The molecule has 0 atom stereocenters. The second-order valence-corrected chi connectivity index (χ2v) is 28.1. The van der Waals surface area contributed by atoms with Crippen LogP contribution in [-0.2, 0) is 76.1 Å². The Bertz CT molecular complexity index is 1630. The number of hydrogen-bond acceptors (Lipinski definition) is 15. The van der Waals surface area contributed by atoms with Gasteiger partial charge in [0.25, 0.3) is 0 Å². The van der Waals surface area contributed by atoms with Crippen LogP contribution in [0, 0.1) is 0 Å². The molecule has 0 spiro atoms. The van der Waals surface area contributed by atoms with Crippen molar-refractivity contribution in [2.24, 2.45) is 0 Å². The monoisotopic (exact) mass is 878 g/mol. The highest BCUT2D eigenvalue weighted by molar-refractivity contribution is 7.98. The molecule has 0 N–H and O–H groups in total. The van der Waals surface area contributed by atoms with Gasteiger partial charge in [0, 0.05) is 6.26 Å². The molecule has 0 heterocycles. The molecule has 0 unspecified atom stereocenters. The van der Waals surface area contributed by atoms with Crippen LogP contribution in [0.1, 0.15) is 102 Å². The summed E-state index contributed by atoms with van der Waals surface area (Å²) in [7, 11) is -21.3. The summed E-state index contributed by atoms with van der Waals surface area (Å²) in [6.45, 7) is 23.4. The highest BCUT2D eigenvalue weighted by atomic mass is 32.2. The van der Waals surface area contributed by atoms with Gasteiger partial charge >= 0.3 is 22.8 Å². The first-order valence-electron chi connectivity index (χ1n) is 17.2. The van der Waals surface area contributed by atoms with Gasteiger partial charge in [-0.15, -0.1) is 0 Å². The van der Waals surface area contributed by atoms with Crippen molar-refractivity contribution in [1.29, 1.82) is 0 Å². The molecule has 0 aliphatic carbocycles. The number of rotatable bonds is 21. The predicted octanol–water partition coefficient (Wildman–Crippen LogP) is 8.44. The van der Waals surface area contributed by atoms with Gasteiger partial charge in [-0.2, -0.15) is 0 Å². The Morgan fingerprint density at radius 2 is 0.755 bits per heavy atom. The van der Waals surface area contributed by atoms with Crippen molar-refractivity contribution in [3.05, 3.63) is 35.9 Å². The first kappa shape index (κ1) is 54.6. The molecule has 0 saturated heterocycles. The summed E-state index contributed by atoms with van der Waals surface area (Å²) in [5.74, 6) is -0.180. The fourth-order valence-electron chi connectivity index (χ4n) is 3.96. The molecular weight excluding hydrogens is 813 g/mol. The van der Waals surface area contributed by atoms with Gasteiger partial charge in [-0.25, -0.2) is 25.3 Å². The molecule has 0 bridgehead atoms. The zero-order chi connectivity index (χ0) is 42.2. The number of sulfone groups is 3. The van der Waals surface area contributed by atoms with Crippen molar-refractivity contribution in [1.82, 2.24) is 0 Å². The topological polar surface area (TPSA) is 209 Å². The van der Waals surface area contributed by atoms with E-state index in [1.165, 1.54) is 0 Å². The first-order valence-corrected chi connectivity index (χ1v) is 27.9. The van der Waals surface area contributed by atoms with Crippen LogP contribution < -0.4 is 0 Å². The van der Waals surface area contributed by atoms with Crippen LogP contribution in [0.5, 0.6) is 0 Å². The van der Waals surface area contributed by atoms with E-state index in [1.54, 1.807) is 121 Å². The molecule has 0 aromatic heterocycles. The quantitative estimate of drug-likeness (QED) is 0.106. The zero-order valence-electron chi connectivity index (χ0n) is 33.9. The van der Waals surface area contributed by atoms with Gasteiger partial charge in [0.15, 0.2) is 46.0 Å². The maximum absolute atomic E-state index is 12.6. The average Bonchev–Trinajstić information content (AvgIpc) is 2.83. The summed E-state index contributed by atoms with van der Waals surface area (Å²) in [6.07, 6.45) is -1.10. The van der Waals surface area contributed by atoms with Crippen LogP contribution in [-0.4, -0.2) is 89.9 Å². The Balaban J connectivity index is 0. The van der Waals surface area contributed by atoms with Crippen LogP contribution >= 0.6 is 22.8 Å². The molecule has 0 amide bonds. The van der Waals surface area contributed by atoms with E-state index in [2.05, 4.69) is 0 Å². The van der Waals surface area contributed by atoms with Crippen LogP contribution in [0.3, 0.4) is 0 Å². The van der Waals surface area contributed by atoms with Crippen LogP contribution in [0.15, 0.2) is 30.3 Å². The SMILES string of the molecule is CC(C)OP(=O)(CS(=O)(=O)C(C)C)OC(C)C.CC(C)OP(=O)(CS(=O)(=O)Cc1ccccc1)OC(C)C.CC(C)OP(=O)(CS(C)(=O)=O)OC(C)C. The summed E-state index contributed by atoms with van der Waals surface area (Å²) in [5.41, 5.74) is -1.09. The van der Waals surface area contributed by atoms with E-state index in [0.717, 1.165) is 6.26 Å². The lowest BCUT2D eigenvalue weighted by Crippen LogP contribution is -2.21. The third-order valence-electron chi connectivity index (χ3n) is 5.26. The fraction of sp³-hybridized carbons (Fsp3) is 0.812. The molecule has 21 heteroatoms. The van der Waals surface area contributed by atoms with Crippen molar-refractivity contribution in [3.8, 4) is 0 Å². The van der Waals surface area contributed by atoms with E-state index < -0.39 is 74.0 Å². The minimum Gasteiger partial charge on any atom is -0.305 e. The van der Waals surface area contributed by atoms with E-state index in [0.29, 0.717) is 5.56 Å². The zero-order valence-corrected chi connectivity index (χ0v) is 39.1. The van der Waals surface area contributed by atoms with Gasteiger partial charge in [0.1, 0.15) is 0 Å². The molecule has 1 aromatic rings. The van der Waals surface area contributed by atoms with E-state index in [-0.39, 0.29) is 42.4 Å². The van der Waals surface area contributed by atoms with Crippen LogP contribution in [0.25, 0.3) is 0 Å². The minimum absolute atomic E-state index is 0.180. The molecule has 1 aromatic carbocycles. The number of hydrogen-bond donors (Lipinski definition) is 0. The summed E-state index contributed by atoms with van der Waals surface area (Å²) < 4.78 is 138. The van der Waals surface area contributed by atoms with E-state index in [9.17, 15) is 38.9 Å². The molecule has 316 valence electrons. The van der Waals surface area contributed by atoms with E-state index in [4.69, 9.17) is 27.1 Å². The first-order chi connectivity index (χ1) is 23.6. The molecule has 0 aliphatic rings. The van der Waals surface area contributed by atoms with Crippen molar-refractivity contribution < 1.29 is 66.1 Å². The maximum Gasteiger partial charge on any atom is 0.346 e. The fourth-order valence-corrected chi connectivity index (χ4v) is 17.7. The Hall–Kier alpha value is -0.480. The predicted molar refractivity (Wildman–Crippen MR) is 213 cm³/mol. The Kier molecular flexibility index (Phi) is 24.4. The standard InChI is InChI=1S/C14H23O5PS.C10H23O5PS.C8H19O5PS/c1-12(2)18-20(15,19-13(3)4)11-21(16,17)10-14-8-6-5-7-9-14;1-8(2)14-16(11,15-9(3)4)7-17(12,13)10(5)6;1-7(2)12-14(9,13-8(3)4)6-15(5,10)11/h5-9,12-13H,10-11H2,1-4H3;8-10H,7H2,1-6H3;7-8H,6H2,1-5H3. The van der Waals surface area contributed by atoms with Gasteiger partial charge in [-0.1, -0.05) is 30.3 Å². The largest absolute Gasteiger partial charge is 0.346 e. The lowest BCUT2D eigenvalue weighted by molar-refractivity contribution is 0.144. The van der Waals surface area contributed by atoms with Crippen molar-refractivity contribution in [2.45, 2.75) is 145 Å². The molecule has 53 heavy (non-hydrogen) atoms. The molecule has 0 radical (unpaired) electrons. The van der Waals surface area contributed by atoms with Crippen molar-refractivity contribution in [2.75, 3.05) is 22.7 Å². The number of benzene rings is 1. The smallest absolute Gasteiger partial charge is 0.305 e. The van der Waals surface area contributed by atoms with Crippen LogP contribution in [0.4, 0.5) is 0 Å². The van der Waals surface area contributed by atoms with Gasteiger partial charge < -0.3 is 27.1 Å². The van der Waals surface area contributed by atoms with Gasteiger partial charge in [0.2, 0.25) is 0 Å². The Morgan fingerprint density at radius 3 is 1.02 bits per heavy atom. The van der Waals surface area contributed by atoms with Gasteiger partial charge in [0.05, 0.1) is 47.6 Å².